The van der Waals surface area contributed by atoms with Crippen LogP contribution in [0.25, 0.3) is 0 Å². The van der Waals surface area contributed by atoms with Crippen LogP contribution in [0.1, 0.15) is 10.4 Å². The number of carbonyl (C=O) groups excluding carboxylic acids is 1. The fraction of sp³-hybridized carbons (Fsp3) is 0.0714. The molecule has 2 rings (SSSR count). The summed E-state index contributed by atoms with van der Waals surface area (Å²) in [6.45, 7) is -2.98. The Kier molecular flexibility index (Phi) is 4.70. The van der Waals surface area contributed by atoms with Gasteiger partial charge in [0.25, 0.3) is 5.91 Å². The molecule has 0 bridgehead atoms. The molecule has 2 aromatic carbocycles. The third-order valence-corrected chi connectivity index (χ3v) is 2.81. The Balaban J connectivity index is 2.16. The Hall–Kier alpha value is -2.21. The number of amides is 1. The summed E-state index contributed by atoms with van der Waals surface area (Å²) in [7, 11) is 0. The number of hydrogen-bond donors (Lipinski definition) is 1. The highest BCUT2D eigenvalue weighted by atomic mass is 35.5. The van der Waals surface area contributed by atoms with Crippen LogP contribution in [0.2, 0.25) is 5.02 Å². The molecular formula is C14H9ClF3NO2. The molecule has 7 heteroatoms. The number of carbonyl (C=O) groups is 1. The highest BCUT2D eigenvalue weighted by Crippen LogP contribution is 2.23. The molecule has 0 aromatic heterocycles. The van der Waals surface area contributed by atoms with E-state index >= 15 is 0 Å². The van der Waals surface area contributed by atoms with E-state index in [9.17, 15) is 18.0 Å². The molecule has 0 spiro atoms. The van der Waals surface area contributed by atoms with Gasteiger partial charge in [0.05, 0.1) is 10.7 Å². The zero-order valence-corrected chi connectivity index (χ0v) is 11.2. The maximum Gasteiger partial charge on any atom is 0.387 e. The number of hydrogen-bond acceptors (Lipinski definition) is 2. The second-order valence-corrected chi connectivity index (χ2v) is 4.39. The van der Waals surface area contributed by atoms with Crippen molar-refractivity contribution in [3.05, 3.63) is 58.9 Å². The number of halogens is 4. The first-order valence-electron chi connectivity index (χ1n) is 5.77. The van der Waals surface area contributed by atoms with E-state index in [-0.39, 0.29) is 22.0 Å². The van der Waals surface area contributed by atoms with E-state index < -0.39 is 18.3 Å². The maximum atomic E-state index is 12.9. The van der Waals surface area contributed by atoms with Gasteiger partial charge in [-0.15, -0.1) is 0 Å². The van der Waals surface area contributed by atoms with Crippen molar-refractivity contribution in [2.75, 3.05) is 5.32 Å². The molecule has 2 aromatic rings. The number of benzene rings is 2. The van der Waals surface area contributed by atoms with Gasteiger partial charge in [0.1, 0.15) is 11.6 Å². The van der Waals surface area contributed by atoms with Gasteiger partial charge < -0.3 is 10.1 Å². The summed E-state index contributed by atoms with van der Waals surface area (Å²) in [4.78, 5) is 12.0. The summed E-state index contributed by atoms with van der Waals surface area (Å²) in [5.74, 6) is -1.25. The molecule has 0 heterocycles. The molecule has 3 nitrogen and oxygen atoms in total. The molecule has 0 atom stereocenters. The molecule has 21 heavy (non-hydrogen) atoms. The first kappa shape index (κ1) is 15.2. The summed E-state index contributed by atoms with van der Waals surface area (Å²) in [5.41, 5.74) is 0.316. The Morgan fingerprint density at radius 1 is 1.19 bits per heavy atom. The average molecular weight is 316 g/mol. The van der Waals surface area contributed by atoms with Crippen LogP contribution >= 0.6 is 11.6 Å². The maximum absolute atomic E-state index is 12.9. The molecule has 0 radical (unpaired) electrons. The molecule has 1 amide bonds. The molecule has 0 fully saturated rings. The Bertz CT molecular complexity index is 664. The predicted octanol–water partition coefficient (Wildman–Crippen LogP) is 4.33. The van der Waals surface area contributed by atoms with E-state index in [1.165, 1.54) is 30.3 Å². The first-order valence-corrected chi connectivity index (χ1v) is 6.15. The van der Waals surface area contributed by atoms with Gasteiger partial charge >= 0.3 is 6.61 Å². The molecular weight excluding hydrogens is 307 g/mol. The minimum absolute atomic E-state index is 0.0309. The zero-order chi connectivity index (χ0) is 15.4. The van der Waals surface area contributed by atoms with Crippen LogP contribution in [0.5, 0.6) is 5.75 Å². The van der Waals surface area contributed by atoms with Gasteiger partial charge in [-0.2, -0.15) is 8.78 Å². The fourth-order valence-electron chi connectivity index (χ4n) is 1.60. The summed E-state index contributed by atoms with van der Waals surface area (Å²) in [6.07, 6.45) is 0. The van der Waals surface area contributed by atoms with Crippen molar-refractivity contribution in [1.82, 2.24) is 0 Å². The van der Waals surface area contributed by atoms with Crippen molar-refractivity contribution in [2.45, 2.75) is 6.61 Å². The fourth-order valence-corrected chi connectivity index (χ4v) is 1.81. The van der Waals surface area contributed by atoms with E-state index in [1.54, 1.807) is 0 Å². The molecule has 0 saturated carbocycles. The largest absolute Gasteiger partial charge is 0.435 e. The minimum Gasteiger partial charge on any atom is -0.435 e. The first-order chi connectivity index (χ1) is 9.95. The van der Waals surface area contributed by atoms with Gasteiger partial charge in [0, 0.05) is 5.56 Å². The van der Waals surface area contributed by atoms with Crippen LogP contribution in [0.3, 0.4) is 0 Å². The highest BCUT2D eigenvalue weighted by Gasteiger charge is 2.11. The van der Waals surface area contributed by atoms with Gasteiger partial charge in [0.15, 0.2) is 0 Å². The van der Waals surface area contributed by atoms with Crippen molar-refractivity contribution >= 4 is 23.2 Å². The van der Waals surface area contributed by atoms with Gasteiger partial charge in [-0.25, -0.2) is 4.39 Å². The van der Waals surface area contributed by atoms with E-state index in [0.29, 0.717) is 0 Å². The van der Waals surface area contributed by atoms with Gasteiger partial charge in [-0.05, 0) is 36.4 Å². The molecule has 0 aliphatic rings. The van der Waals surface area contributed by atoms with E-state index in [2.05, 4.69) is 10.1 Å². The topological polar surface area (TPSA) is 38.3 Å². The quantitative estimate of drug-likeness (QED) is 0.912. The Morgan fingerprint density at radius 3 is 2.62 bits per heavy atom. The Morgan fingerprint density at radius 2 is 1.95 bits per heavy atom. The summed E-state index contributed by atoms with van der Waals surface area (Å²) in [5, 5.41) is 2.48. The number of ether oxygens (including phenoxy) is 1. The summed E-state index contributed by atoms with van der Waals surface area (Å²) >= 11 is 5.78. The minimum atomic E-state index is -2.98. The lowest BCUT2D eigenvalue weighted by Gasteiger charge is -2.09. The number of rotatable bonds is 4. The molecule has 1 N–H and O–H groups in total. The summed E-state index contributed by atoms with van der Waals surface area (Å²) < 4.78 is 41.3. The van der Waals surface area contributed by atoms with Crippen LogP contribution in [0.15, 0.2) is 42.5 Å². The number of alkyl halides is 2. The smallest absolute Gasteiger partial charge is 0.387 e. The van der Waals surface area contributed by atoms with E-state index in [0.717, 1.165) is 12.1 Å². The van der Waals surface area contributed by atoms with Gasteiger partial charge in [-0.1, -0.05) is 17.7 Å². The van der Waals surface area contributed by atoms with E-state index in [4.69, 9.17) is 11.6 Å². The number of nitrogens with one attached hydrogen (secondary N) is 1. The van der Waals surface area contributed by atoms with Crippen LogP contribution in [0, 0.1) is 5.82 Å². The number of anilines is 1. The standard InChI is InChI=1S/C14H9ClF3NO2/c15-11-7-9(16)4-5-12(11)19-13(20)8-2-1-3-10(6-8)21-14(17)18/h1-7,14H,(H,19,20). The van der Waals surface area contributed by atoms with Crippen molar-refractivity contribution < 1.29 is 22.7 Å². The van der Waals surface area contributed by atoms with Crippen LogP contribution in [-0.2, 0) is 0 Å². The molecule has 0 aliphatic heterocycles. The van der Waals surface area contributed by atoms with Crippen LogP contribution in [-0.4, -0.2) is 12.5 Å². The highest BCUT2D eigenvalue weighted by molar-refractivity contribution is 6.33. The van der Waals surface area contributed by atoms with E-state index in [1.807, 2.05) is 0 Å². The van der Waals surface area contributed by atoms with Crippen molar-refractivity contribution in [3.8, 4) is 5.75 Å². The third kappa shape index (κ3) is 4.13. The van der Waals surface area contributed by atoms with Crippen LogP contribution < -0.4 is 10.1 Å². The lowest BCUT2D eigenvalue weighted by atomic mass is 10.2. The summed E-state index contributed by atoms with van der Waals surface area (Å²) in [6, 6.07) is 8.77. The predicted molar refractivity (Wildman–Crippen MR) is 72.4 cm³/mol. The zero-order valence-electron chi connectivity index (χ0n) is 10.4. The normalized spacial score (nSPS) is 10.5. The van der Waals surface area contributed by atoms with Gasteiger partial charge in [0.2, 0.25) is 0 Å². The van der Waals surface area contributed by atoms with Crippen molar-refractivity contribution in [2.24, 2.45) is 0 Å². The SMILES string of the molecule is O=C(Nc1ccc(F)cc1Cl)c1cccc(OC(F)F)c1. The van der Waals surface area contributed by atoms with Gasteiger partial charge in [-0.3, -0.25) is 4.79 Å². The third-order valence-electron chi connectivity index (χ3n) is 2.50. The molecule has 110 valence electrons. The lowest BCUT2D eigenvalue weighted by Crippen LogP contribution is -2.12. The average Bonchev–Trinajstić information content (AvgIpc) is 2.41. The second-order valence-electron chi connectivity index (χ2n) is 3.98. The van der Waals surface area contributed by atoms with Crippen molar-refractivity contribution in [3.63, 3.8) is 0 Å². The molecule has 0 unspecified atom stereocenters. The van der Waals surface area contributed by atoms with Crippen LogP contribution in [0.4, 0.5) is 18.9 Å². The van der Waals surface area contributed by atoms with Crippen molar-refractivity contribution in [1.29, 1.82) is 0 Å². The second kappa shape index (κ2) is 6.49. The molecule has 0 aliphatic carbocycles. The monoisotopic (exact) mass is 315 g/mol. The lowest BCUT2D eigenvalue weighted by molar-refractivity contribution is -0.0498. The Labute approximate surface area is 123 Å². The molecule has 0 saturated heterocycles.